The minimum Gasteiger partial charge on any atom is -0.482 e. The average Bonchev–Trinajstić information content (AvgIpc) is 2.65. The van der Waals surface area contributed by atoms with Crippen LogP contribution in [0, 0.1) is 0 Å². The fraction of sp³-hybridized carbons (Fsp3) is 0.167. The van der Waals surface area contributed by atoms with Gasteiger partial charge in [-0.1, -0.05) is 23.7 Å². The largest absolute Gasteiger partial charge is 0.482 e. The normalized spacial score (nSPS) is 9.92. The van der Waals surface area contributed by atoms with Crippen molar-refractivity contribution in [1.29, 1.82) is 0 Å². The number of amides is 2. The predicted molar refractivity (Wildman–Crippen MR) is 96.4 cm³/mol. The molecule has 2 rings (SSSR count). The number of ether oxygens (including phenoxy) is 2. The van der Waals surface area contributed by atoms with E-state index in [9.17, 15) is 14.4 Å². The van der Waals surface area contributed by atoms with Gasteiger partial charge in [-0.15, -0.1) is 0 Å². The molecule has 136 valence electrons. The number of hydrogen-bond acceptors (Lipinski definition) is 5. The van der Waals surface area contributed by atoms with E-state index in [1.165, 1.54) is 19.2 Å². The van der Waals surface area contributed by atoms with Crippen molar-refractivity contribution in [2.75, 3.05) is 25.6 Å². The number of esters is 1. The molecular formula is C18H17ClN2O5. The molecule has 0 heterocycles. The smallest absolute Gasteiger partial charge is 0.325 e. The van der Waals surface area contributed by atoms with Gasteiger partial charge in [0.15, 0.2) is 6.61 Å². The Labute approximate surface area is 155 Å². The summed E-state index contributed by atoms with van der Waals surface area (Å²) in [6.45, 7) is -0.418. The lowest BCUT2D eigenvalue weighted by Gasteiger charge is -2.09. The number of benzene rings is 2. The van der Waals surface area contributed by atoms with Crippen molar-refractivity contribution in [3.05, 3.63) is 59.1 Å². The number of hydrogen-bond donors (Lipinski definition) is 2. The zero-order chi connectivity index (χ0) is 18.9. The van der Waals surface area contributed by atoms with Gasteiger partial charge in [0.05, 0.1) is 12.1 Å². The Hall–Kier alpha value is -3.06. The molecule has 7 nitrogen and oxygen atoms in total. The summed E-state index contributed by atoms with van der Waals surface area (Å²) in [5, 5.41) is 5.48. The summed E-state index contributed by atoms with van der Waals surface area (Å²) in [5.41, 5.74) is 0.849. The molecule has 0 saturated heterocycles. The van der Waals surface area contributed by atoms with Crippen LogP contribution < -0.4 is 15.4 Å². The average molecular weight is 377 g/mol. The molecule has 2 amide bonds. The topological polar surface area (TPSA) is 93.7 Å². The molecule has 0 bridgehead atoms. The van der Waals surface area contributed by atoms with Crippen LogP contribution in [0.15, 0.2) is 48.5 Å². The Morgan fingerprint density at radius 3 is 2.38 bits per heavy atom. The first-order valence-corrected chi connectivity index (χ1v) is 7.99. The van der Waals surface area contributed by atoms with Gasteiger partial charge in [0.2, 0.25) is 0 Å². The SMILES string of the molecule is COC(=O)CNC(=O)c1ccc(NC(=O)COc2ccccc2Cl)cc1. The summed E-state index contributed by atoms with van der Waals surface area (Å²) >= 11 is 5.95. The first-order chi connectivity index (χ1) is 12.5. The molecule has 2 aromatic rings. The van der Waals surface area contributed by atoms with Crippen molar-refractivity contribution in [1.82, 2.24) is 5.32 Å². The van der Waals surface area contributed by atoms with Crippen LogP contribution in [-0.2, 0) is 14.3 Å². The molecule has 0 unspecified atom stereocenters. The Morgan fingerprint density at radius 1 is 1.04 bits per heavy atom. The minimum atomic E-state index is -0.541. The second-order valence-electron chi connectivity index (χ2n) is 5.10. The van der Waals surface area contributed by atoms with Crippen LogP contribution >= 0.6 is 11.6 Å². The van der Waals surface area contributed by atoms with Gasteiger partial charge < -0.3 is 20.1 Å². The predicted octanol–water partition coefficient (Wildman–Crippen LogP) is 2.26. The number of carbonyl (C=O) groups is 3. The Balaban J connectivity index is 1.84. The molecule has 0 radical (unpaired) electrons. The van der Waals surface area contributed by atoms with Gasteiger partial charge in [-0.3, -0.25) is 14.4 Å². The maximum atomic E-state index is 11.9. The monoisotopic (exact) mass is 376 g/mol. The highest BCUT2D eigenvalue weighted by Crippen LogP contribution is 2.22. The molecule has 2 N–H and O–H groups in total. The fourth-order valence-corrected chi connectivity index (χ4v) is 2.12. The van der Waals surface area contributed by atoms with Crippen molar-refractivity contribution in [2.45, 2.75) is 0 Å². The van der Waals surface area contributed by atoms with Crippen molar-refractivity contribution < 1.29 is 23.9 Å². The summed E-state index contributed by atoms with van der Waals surface area (Å²) < 4.78 is 9.79. The van der Waals surface area contributed by atoms with Gasteiger partial charge >= 0.3 is 5.97 Å². The van der Waals surface area contributed by atoms with Gasteiger partial charge in [-0.25, -0.2) is 0 Å². The fourth-order valence-electron chi connectivity index (χ4n) is 1.93. The quantitative estimate of drug-likeness (QED) is 0.723. The Kier molecular flexibility index (Phi) is 6.99. The van der Waals surface area contributed by atoms with Crippen molar-refractivity contribution in [3.8, 4) is 5.75 Å². The van der Waals surface area contributed by atoms with E-state index < -0.39 is 11.9 Å². The third kappa shape index (κ3) is 5.78. The van der Waals surface area contributed by atoms with Crippen molar-refractivity contribution >= 4 is 35.1 Å². The Morgan fingerprint density at radius 2 is 1.73 bits per heavy atom. The first-order valence-electron chi connectivity index (χ1n) is 7.62. The Bertz CT molecular complexity index is 792. The molecular weight excluding hydrogens is 360 g/mol. The molecule has 0 aliphatic rings. The highest BCUT2D eigenvalue weighted by Gasteiger charge is 2.09. The minimum absolute atomic E-state index is 0.203. The molecule has 8 heteroatoms. The van der Waals surface area contributed by atoms with Crippen molar-refractivity contribution in [2.24, 2.45) is 0 Å². The lowest BCUT2D eigenvalue weighted by molar-refractivity contribution is -0.139. The second kappa shape index (κ2) is 9.43. The number of methoxy groups -OCH3 is 1. The lowest BCUT2D eigenvalue weighted by atomic mass is 10.2. The molecule has 0 spiro atoms. The van der Waals surface area contributed by atoms with Crippen LogP contribution in [0.4, 0.5) is 5.69 Å². The van der Waals surface area contributed by atoms with Crippen LogP contribution in [0.3, 0.4) is 0 Å². The van der Waals surface area contributed by atoms with Crippen LogP contribution in [0.1, 0.15) is 10.4 Å². The highest BCUT2D eigenvalue weighted by molar-refractivity contribution is 6.32. The van der Waals surface area contributed by atoms with Crippen LogP contribution in [-0.4, -0.2) is 38.0 Å². The third-order valence-corrected chi connectivity index (χ3v) is 3.56. The molecule has 0 aromatic heterocycles. The number of anilines is 1. The van der Waals surface area contributed by atoms with E-state index >= 15 is 0 Å². The van der Waals surface area contributed by atoms with Crippen LogP contribution in [0.2, 0.25) is 5.02 Å². The standard InChI is InChI=1S/C18H17ClN2O5/c1-25-17(23)10-20-18(24)12-6-8-13(9-7-12)21-16(22)11-26-15-5-3-2-4-14(15)19/h2-9H,10-11H2,1H3,(H,20,24)(H,21,22). The van der Waals surface area contributed by atoms with E-state index in [2.05, 4.69) is 15.4 Å². The van der Waals surface area contributed by atoms with Crippen LogP contribution in [0.5, 0.6) is 5.75 Å². The number of para-hydroxylation sites is 1. The van der Waals surface area contributed by atoms with E-state index in [1.807, 2.05) is 0 Å². The highest BCUT2D eigenvalue weighted by atomic mass is 35.5. The first kappa shape index (κ1) is 19.3. The second-order valence-corrected chi connectivity index (χ2v) is 5.51. The van der Waals surface area contributed by atoms with Gasteiger partial charge in [-0.2, -0.15) is 0 Å². The molecule has 0 atom stereocenters. The van der Waals surface area contributed by atoms with E-state index in [1.54, 1.807) is 36.4 Å². The summed E-state index contributed by atoms with van der Waals surface area (Å²) in [6.07, 6.45) is 0. The molecule has 0 saturated carbocycles. The van der Waals surface area contributed by atoms with Crippen molar-refractivity contribution in [3.63, 3.8) is 0 Å². The maximum absolute atomic E-state index is 11.9. The molecule has 0 aliphatic heterocycles. The molecule has 0 fully saturated rings. The lowest BCUT2D eigenvalue weighted by Crippen LogP contribution is -2.30. The zero-order valence-corrected chi connectivity index (χ0v) is 14.7. The summed E-state index contributed by atoms with van der Waals surface area (Å²) in [6, 6.07) is 13.0. The van der Waals surface area contributed by atoms with Gasteiger partial charge in [0, 0.05) is 11.3 Å². The van der Waals surface area contributed by atoms with E-state index in [0.29, 0.717) is 22.0 Å². The molecule has 26 heavy (non-hydrogen) atoms. The zero-order valence-electron chi connectivity index (χ0n) is 14.0. The summed E-state index contributed by atoms with van der Waals surface area (Å²) in [7, 11) is 1.24. The maximum Gasteiger partial charge on any atom is 0.325 e. The summed E-state index contributed by atoms with van der Waals surface area (Å²) in [4.78, 5) is 34.8. The van der Waals surface area contributed by atoms with E-state index in [4.69, 9.17) is 16.3 Å². The summed E-state index contributed by atoms with van der Waals surface area (Å²) in [5.74, 6) is -0.911. The molecule has 0 aliphatic carbocycles. The number of nitrogens with one attached hydrogen (secondary N) is 2. The number of halogens is 1. The molecule has 2 aromatic carbocycles. The number of rotatable bonds is 7. The van der Waals surface area contributed by atoms with Gasteiger partial charge in [0.1, 0.15) is 12.3 Å². The number of carbonyl (C=O) groups excluding carboxylic acids is 3. The van der Waals surface area contributed by atoms with Gasteiger partial charge in [-0.05, 0) is 36.4 Å². The third-order valence-electron chi connectivity index (χ3n) is 3.25. The van der Waals surface area contributed by atoms with Crippen LogP contribution in [0.25, 0.3) is 0 Å². The van der Waals surface area contributed by atoms with Gasteiger partial charge in [0.25, 0.3) is 11.8 Å². The van der Waals surface area contributed by atoms with E-state index in [-0.39, 0.29) is 19.1 Å². The van der Waals surface area contributed by atoms with E-state index in [0.717, 1.165) is 0 Å².